The van der Waals surface area contributed by atoms with Crippen molar-refractivity contribution < 1.29 is 17.8 Å². The fourth-order valence-electron chi connectivity index (χ4n) is 5.05. The molecule has 1 aromatic carbocycles. The van der Waals surface area contributed by atoms with Crippen molar-refractivity contribution in [2.45, 2.75) is 25.3 Å². The molecule has 0 aliphatic carbocycles. The maximum Gasteiger partial charge on any atom is 0.309 e. The molecule has 11 nitrogen and oxygen atoms in total. The fourth-order valence-corrected chi connectivity index (χ4v) is 6.30. The first-order chi connectivity index (χ1) is 19.4. The zero-order valence-corrected chi connectivity index (χ0v) is 23.4. The molecular formula is C26H28FN7O4S2. The minimum Gasteiger partial charge on any atom is -0.493 e. The predicted octanol–water partition coefficient (Wildman–Crippen LogP) is 3.12. The number of hydrogen-bond acceptors (Lipinski definition) is 10. The Hall–Kier alpha value is -3.62. The molecule has 5 heterocycles. The van der Waals surface area contributed by atoms with Crippen LogP contribution in [0.1, 0.15) is 24.3 Å². The van der Waals surface area contributed by atoms with Gasteiger partial charge in [0.2, 0.25) is 11.8 Å². The first-order valence-electron chi connectivity index (χ1n) is 12.9. The quantitative estimate of drug-likeness (QED) is 0.277. The number of thiazole rings is 1. The Morgan fingerprint density at radius 1 is 1.20 bits per heavy atom. The van der Waals surface area contributed by atoms with E-state index in [0.29, 0.717) is 64.3 Å². The number of hydrogen-bond donors (Lipinski definition) is 1. The Bertz CT molecular complexity index is 1740. The Balaban J connectivity index is 1.11. The summed E-state index contributed by atoms with van der Waals surface area (Å²) in [4.78, 5) is 24.1. The van der Waals surface area contributed by atoms with Crippen molar-refractivity contribution in [3.8, 4) is 17.3 Å². The Labute approximate surface area is 234 Å². The number of fused-ring (bicyclic) bond motifs is 3. The van der Waals surface area contributed by atoms with Gasteiger partial charge < -0.3 is 19.8 Å². The molecule has 6 rings (SSSR count). The van der Waals surface area contributed by atoms with Crippen LogP contribution in [0, 0.1) is 5.82 Å². The summed E-state index contributed by atoms with van der Waals surface area (Å²) in [6.07, 6.45) is 4.78. The van der Waals surface area contributed by atoms with Gasteiger partial charge in [-0.05, 0) is 55.6 Å². The molecule has 0 unspecified atom stereocenters. The number of nitrogens with zero attached hydrogens (tertiary/aromatic N) is 6. The minimum absolute atomic E-state index is 0.115. The highest BCUT2D eigenvalue weighted by Gasteiger charge is 2.24. The Morgan fingerprint density at radius 2 is 2.02 bits per heavy atom. The van der Waals surface area contributed by atoms with Crippen molar-refractivity contribution in [1.29, 1.82) is 0 Å². The van der Waals surface area contributed by atoms with Crippen LogP contribution in [0.5, 0.6) is 5.75 Å². The van der Waals surface area contributed by atoms with E-state index in [2.05, 4.69) is 20.0 Å². The molecule has 0 spiro atoms. The topological polar surface area (TPSA) is 134 Å². The number of nitrogens with two attached hydrogens (primary N) is 1. The Morgan fingerprint density at radius 3 is 2.75 bits per heavy atom. The van der Waals surface area contributed by atoms with Crippen LogP contribution in [0.2, 0.25) is 0 Å². The Kier molecular flexibility index (Phi) is 7.38. The smallest absolute Gasteiger partial charge is 0.309 e. The van der Waals surface area contributed by atoms with Crippen molar-refractivity contribution in [2.24, 2.45) is 0 Å². The van der Waals surface area contributed by atoms with Gasteiger partial charge in [0.15, 0.2) is 17.1 Å². The lowest BCUT2D eigenvalue weighted by Gasteiger charge is -2.32. The van der Waals surface area contributed by atoms with E-state index in [1.807, 2.05) is 0 Å². The molecule has 1 atom stereocenters. The number of piperidine rings is 1. The van der Waals surface area contributed by atoms with Crippen molar-refractivity contribution in [1.82, 2.24) is 29.0 Å². The van der Waals surface area contributed by atoms with E-state index in [1.54, 1.807) is 35.1 Å². The average molecular weight is 586 g/mol. The monoisotopic (exact) mass is 585 g/mol. The van der Waals surface area contributed by atoms with Gasteiger partial charge >= 0.3 is 4.87 Å². The highest BCUT2D eigenvalue weighted by molar-refractivity contribution is 7.84. The number of nitrogen functional groups attached to an aromatic ring is 1. The van der Waals surface area contributed by atoms with Crippen LogP contribution < -0.4 is 15.3 Å². The number of anilines is 1. The average Bonchev–Trinajstić information content (AvgIpc) is 3.67. The molecule has 1 aliphatic rings. The molecule has 1 aliphatic heterocycles. The highest BCUT2D eigenvalue weighted by atomic mass is 32.2. The SMILES string of the molecule is C[S@](=O)CCOc1ccc(C2CCN(CCn3c(=O)sc4c3nc(N)n3nc(-c5ccco5)nc43)CC2)c(F)c1. The third-order valence-electron chi connectivity index (χ3n) is 7.14. The largest absolute Gasteiger partial charge is 0.493 e. The van der Waals surface area contributed by atoms with Crippen LogP contribution in [0.15, 0.2) is 45.8 Å². The van der Waals surface area contributed by atoms with Gasteiger partial charge in [0.05, 0.1) is 18.6 Å². The van der Waals surface area contributed by atoms with Crippen molar-refractivity contribution >= 4 is 44.1 Å². The van der Waals surface area contributed by atoms with Crippen LogP contribution in [-0.2, 0) is 17.3 Å². The summed E-state index contributed by atoms with van der Waals surface area (Å²) in [7, 11) is -0.948. The van der Waals surface area contributed by atoms with Gasteiger partial charge in [0.25, 0.3) is 0 Å². The number of likely N-dealkylation sites (tertiary alicyclic amines) is 1. The van der Waals surface area contributed by atoms with E-state index < -0.39 is 10.8 Å². The lowest BCUT2D eigenvalue weighted by Crippen LogP contribution is -2.36. The first-order valence-corrected chi connectivity index (χ1v) is 15.5. The van der Waals surface area contributed by atoms with Gasteiger partial charge in [0.1, 0.15) is 16.3 Å². The van der Waals surface area contributed by atoms with E-state index in [9.17, 15) is 13.4 Å². The second-order valence-corrected chi connectivity index (χ2v) is 12.2. The first kappa shape index (κ1) is 26.6. The molecule has 1 saturated heterocycles. The molecule has 4 aromatic heterocycles. The summed E-state index contributed by atoms with van der Waals surface area (Å²) >= 11 is 1.07. The van der Waals surface area contributed by atoms with E-state index >= 15 is 0 Å². The van der Waals surface area contributed by atoms with Gasteiger partial charge in [-0.2, -0.15) is 9.50 Å². The molecule has 0 saturated carbocycles. The molecule has 5 aromatic rings. The van der Waals surface area contributed by atoms with E-state index in [-0.39, 0.29) is 22.6 Å². The van der Waals surface area contributed by atoms with E-state index in [4.69, 9.17) is 14.9 Å². The number of rotatable bonds is 9. The molecule has 40 heavy (non-hydrogen) atoms. The van der Waals surface area contributed by atoms with E-state index in [0.717, 1.165) is 37.3 Å². The highest BCUT2D eigenvalue weighted by Crippen LogP contribution is 2.32. The molecule has 0 radical (unpaired) electrons. The van der Waals surface area contributed by atoms with Gasteiger partial charge in [-0.1, -0.05) is 17.4 Å². The minimum atomic E-state index is -0.948. The molecule has 1 fully saturated rings. The van der Waals surface area contributed by atoms with Crippen molar-refractivity contribution in [3.63, 3.8) is 0 Å². The molecule has 2 N–H and O–H groups in total. The molecular weight excluding hydrogens is 557 g/mol. The third kappa shape index (κ3) is 5.25. The summed E-state index contributed by atoms with van der Waals surface area (Å²) in [5.41, 5.74) is 7.83. The summed E-state index contributed by atoms with van der Waals surface area (Å²) in [5, 5.41) is 4.39. The predicted molar refractivity (Wildman–Crippen MR) is 152 cm³/mol. The summed E-state index contributed by atoms with van der Waals surface area (Å²) < 4.78 is 40.6. The maximum absolute atomic E-state index is 14.8. The van der Waals surface area contributed by atoms with Crippen LogP contribution in [0.4, 0.5) is 10.3 Å². The lowest BCUT2D eigenvalue weighted by atomic mass is 9.89. The number of benzene rings is 1. The zero-order valence-electron chi connectivity index (χ0n) is 21.8. The van der Waals surface area contributed by atoms with Crippen LogP contribution >= 0.6 is 11.3 Å². The number of furan rings is 1. The fraction of sp³-hybridized carbons (Fsp3) is 0.385. The van der Waals surface area contributed by atoms with Crippen LogP contribution in [-0.4, -0.2) is 71.5 Å². The van der Waals surface area contributed by atoms with Crippen LogP contribution in [0.25, 0.3) is 27.6 Å². The lowest BCUT2D eigenvalue weighted by molar-refractivity contribution is 0.204. The second kappa shape index (κ2) is 11.1. The van der Waals surface area contributed by atoms with Crippen molar-refractivity contribution in [3.05, 3.63) is 57.6 Å². The molecule has 14 heteroatoms. The number of aromatic nitrogens is 5. The zero-order chi connectivity index (χ0) is 27.8. The van der Waals surface area contributed by atoms with E-state index in [1.165, 1.54) is 16.8 Å². The normalized spacial score (nSPS) is 15.8. The maximum atomic E-state index is 14.8. The number of ether oxygens (including phenoxy) is 1. The summed E-state index contributed by atoms with van der Waals surface area (Å²) in [6.45, 7) is 2.98. The second-order valence-electron chi connectivity index (χ2n) is 9.72. The standard InChI is InChI=1S/C26H28FN7O4S2/c1-40(36)14-13-37-17-4-5-18(19(27)15-17)16-6-8-32(9-7-16)10-11-33-23-21(39-26(33)35)24-29-22(20-3-2-12-38-20)31-34(24)25(28)30-23/h2-5,12,15-16H,6-11,13-14H2,1H3,(H2,28,30)/t40-/m0/s1. The summed E-state index contributed by atoms with van der Waals surface area (Å²) in [5.74, 6) is 1.71. The molecule has 0 bridgehead atoms. The van der Waals surface area contributed by atoms with Gasteiger partial charge in [-0.25, -0.2) is 9.37 Å². The van der Waals surface area contributed by atoms with Gasteiger partial charge in [-0.3, -0.25) is 13.6 Å². The van der Waals surface area contributed by atoms with Gasteiger partial charge in [-0.15, -0.1) is 5.10 Å². The van der Waals surface area contributed by atoms with Crippen molar-refractivity contribution in [2.75, 3.05) is 44.0 Å². The van der Waals surface area contributed by atoms with Gasteiger partial charge in [0, 0.05) is 36.2 Å². The molecule has 0 amide bonds. The number of halogens is 1. The molecule has 210 valence electrons. The van der Waals surface area contributed by atoms with Crippen LogP contribution in [0.3, 0.4) is 0 Å². The third-order valence-corrected chi connectivity index (χ3v) is 8.84. The summed E-state index contributed by atoms with van der Waals surface area (Å²) in [6, 6.07) is 8.49.